The van der Waals surface area contributed by atoms with Crippen LogP contribution in [-0.2, 0) is 6.18 Å². The van der Waals surface area contributed by atoms with Gasteiger partial charge in [0.05, 0.1) is 0 Å². The molecule has 2 unspecified atom stereocenters. The molecule has 0 aromatic carbocycles. The van der Waals surface area contributed by atoms with Crippen LogP contribution in [0.4, 0.5) is 13.2 Å². The molecule has 20 heavy (non-hydrogen) atoms. The number of H-pyrrole nitrogens is 1. The third kappa shape index (κ3) is 3.20. The summed E-state index contributed by atoms with van der Waals surface area (Å²) >= 11 is 0. The van der Waals surface area contributed by atoms with Gasteiger partial charge in [0.2, 0.25) is 0 Å². The van der Waals surface area contributed by atoms with Gasteiger partial charge in [-0.1, -0.05) is 6.92 Å². The van der Waals surface area contributed by atoms with E-state index in [-0.39, 0.29) is 11.6 Å². The van der Waals surface area contributed by atoms with Gasteiger partial charge in [0.25, 0.3) is 11.5 Å². The van der Waals surface area contributed by atoms with Crippen molar-refractivity contribution in [1.82, 2.24) is 10.3 Å². The average Bonchev–Trinajstić information content (AvgIpc) is 2.73. The Morgan fingerprint density at radius 2 is 2.05 bits per heavy atom. The summed E-state index contributed by atoms with van der Waals surface area (Å²) < 4.78 is 37.2. The SMILES string of the molecule is CC1CCC(NC(=O)c2ccc(C(F)(F)F)[nH]c2=O)C1. The van der Waals surface area contributed by atoms with Crippen molar-refractivity contribution in [3.63, 3.8) is 0 Å². The van der Waals surface area contributed by atoms with E-state index >= 15 is 0 Å². The minimum absolute atomic E-state index is 0.0146. The summed E-state index contributed by atoms with van der Waals surface area (Å²) in [6.45, 7) is 2.07. The number of halogens is 3. The second-order valence-electron chi connectivity index (χ2n) is 5.20. The minimum Gasteiger partial charge on any atom is -0.349 e. The van der Waals surface area contributed by atoms with Crippen molar-refractivity contribution >= 4 is 5.91 Å². The number of carbonyl (C=O) groups is 1. The van der Waals surface area contributed by atoms with E-state index in [1.54, 1.807) is 4.98 Å². The van der Waals surface area contributed by atoms with Crippen LogP contribution in [0, 0.1) is 5.92 Å². The molecule has 110 valence electrons. The van der Waals surface area contributed by atoms with Gasteiger partial charge in [0.15, 0.2) is 0 Å². The van der Waals surface area contributed by atoms with Crippen molar-refractivity contribution < 1.29 is 18.0 Å². The maximum atomic E-state index is 12.4. The van der Waals surface area contributed by atoms with E-state index in [2.05, 4.69) is 12.2 Å². The highest BCUT2D eigenvalue weighted by molar-refractivity contribution is 5.94. The van der Waals surface area contributed by atoms with Crippen LogP contribution in [-0.4, -0.2) is 16.9 Å². The molecular formula is C13H15F3N2O2. The molecule has 0 bridgehead atoms. The Kier molecular flexibility index (Phi) is 3.87. The van der Waals surface area contributed by atoms with Crippen LogP contribution in [0.2, 0.25) is 0 Å². The smallest absolute Gasteiger partial charge is 0.349 e. The Morgan fingerprint density at radius 3 is 2.55 bits per heavy atom. The lowest BCUT2D eigenvalue weighted by Crippen LogP contribution is -2.36. The van der Waals surface area contributed by atoms with E-state index in [0.717, 1.165) is 25.3 Å². The van der Waals surface area contributed by atoms with Crippen LogP contribution < -0.4 is 10.9 Å². The topological polar surface area (TPSA) is 62.0 Å². The first-order chi connectivity index (χ1) is 9.27. The fraction of sp³-hybridized carbons (Fsp3) is 0.538. The zero-order valence-corrected chi connectivity index (χ0v) is 10.9. The van der Waals surface area contributed by atoms with Crippen molar-refractivity contribution in [1.29, 1.82) is 0 Å². The Balaban J connectivity index is 2.13. The van der Waals surface area contributed by atoms with Crippen molar-refractivity contribution in [2.75, 3.05) is 0 Å². The largest absolute Gasteiger partial charge is 0.431 e. The van der Waals surface area contributed by atoms with E-state index < -0.39 is 23.3 Å². The summed E-state index contributed by atoms with van der Waals surface area (Å²) in [7, 11) is 0. The third-order valence-electron chi connectivity index (χ3n) is 3.49. The van der Waals surface area contributed by atoms with Gasteiger partial charge in [-0.3, -0.25) is 9.59 Å². The Morgan fingerprint density at radius 1 is 1.35 bits per heavy atom. The predicted molar refractivity (Wildman–Crippen MR) is 66.3 cm³/mol. The molecule has 0 aliphatic heterocycles. The van der Waals surface area contributed by atoms with Gasteiger partial charge in [-0.2, -0.15) is 13.2 Å². The van der Waals surface area contributed by atoms with Crippen LogP contribution in [0.15, 0.2) is 16.9 Å². The number of carbonyl (C=O) groups excluding carboxylic acids is 1. The zero-order chi connectivity index (χ0) is 14.9. The zero-order valence-electron chi connectivity index (χ0n) is 10.9. The number of aromatic nitrogens is 1. The van der Waals surface area contributed by atoms with E-state index in [9.17, 15) is 22.8 Å². The lowest BCUT2D eigenvalue weighted by Gasteiger charge is -2.12. The van der Waals surface area contributed by atoms with Crippen molar-refractivity contribution in [2.45, 2.75) is 38.4 Å². The fourth-order valence-corrected chi connectivity index (χ4v) is 2.42. The molecule has 2 atom stereocenters. The normalized spacial score (nSPS) is 22.8. The summed E-state index contributed by atoms with van der Waals surface area (Å²) in [5, 5.41) is 2.68. The van der Waals surface area contributed by atoms with Crippen molar-refractivity contribution in [3.8, 4) is 0 Å². The summed E-state index contributed by atoms with van der Waals surface area (Å²) in [4.78, 5) is 25.1. The average molecular weight is 288 g/mol. The van der Waals surface area contributed by atoms with E-state index in [4.69, 9.17) is 0 Å². The molecule has 2 N–H and O–H groups in total. The van der Waals surface area contributed by atoms with Gasteiger partial charge in [-0.05, 0) is 37.3 Å². The van der Waals surface area contributed by atoms with Gasteiger partial charge in [-0.15, -0.1) is 0 Å². The molecule has 1 heterocycles. The molecule has 1 saturated carbocycles. The summed E-state index contributed by atoms with van der Waals surface area (Å²) in [6, 6.07) is 1.60. The summed E-state index contributed by atoms with van der Waals surface area (Å²) in [5.41, 5.74) is -2.48. The minimum atomic E-state index is -4.63. The number of hydrogen-bond donors (Lipinski definition) is 2. The van der Waals surface area contributed by atoms with Crippen molar-refractivity contribution in [3.05, 3.63) is 33.7 Å². The summed E-state index contributed by atoms with van der Waals surface area (Å²) in [5.74, 6) is -0.120. The quantitative estimate of drug-likeness (QED) is 0.877. The second-order valence-corrected chi connectivity index (χ2v) is 5.20. The van der Waals surface area contributed by atoms with E-state index in [1.807, 2.05) is 0 Å². The lowest BCUT2D eigenvalue weighted by atomic mass is 10.1. The molecule has 0 radical (unpaired) electrons. The summed E-state index contributed by atoms with van der Waals surface area (Å²) in [6.07, 6.45) is -1.99. The van der Waals surface area contributed by atoms with Gasteiger partial charge in [0.1, 0.15) is 11.3 Å². The number of hydrogen-bond acceptors (Lipinski definition) is 2. The molecule has 0 spiro atoms. The second kappa shape index (κ2) is 5.30. The number of alkyl halides is 3. The maximum absolute atomic E-state index is 12.4. The Bertz CT molecular complexity index is 565. The number of pyridine rings is 1. The molecular weight excluding hydrogens is 273 g/mol. The Hall–Kier alpha value is -1.79. The van der Waals surface area contributed by atoms with Crippen LogP contribution in [0.25, 0.3) is 0 Å². The highest BCUT2D eigenvalue weighted by Crippen LogP contribution is 2.27. The maximum Gasteiger partial charge on any atom is 0.431 e. The first-order valence-electron chi connectivity index (χ1n) is 6.38. The van der Waals surface area contributed by atoms with Crippen LogP contribution >= 0.6 is 0 Å². The van der Waals surface area contributed by atoms with Gasteiger partial charge < -0.3 is 10.3 Å². The number of rotatable bonds is 2. The molecule has 7 heteroatoms. The molecule has 0 saturated heterocycles. The van der Waals surface area contributed by atoms with Crippen LogP contribution in [0.1, 0.15) is 42.2 Å². The fourth-order valence-electron chi connectivity index (χ4n) is 2.42. The lowest BCUT2D eigenvalue weighted by molar-refractivity contribution is -0.141. The first kappa shape index (κ1) is 14.6. The van der Waals surface area contributed by atoms with E-state index in [1.165, 1.54) is 0 Å². The molecule has 1 aliphatic carbocycles. The highest BCUT2D eigenvalue weighted by Gasteiger charge is 2.32. The van der Waals surface area contributed by atoms with Gasteiger partial charge >= 0.3 is 6.18 Å². The predicted octanol–water partition coefficient (Wildman–Crippen LogP) is 2.31. The van der Waals surface area contributed by atoms with Gasteiger partial charge in [0, 0.05) is 6.04 Å². The molecule has 1 aromatic heterocycles. The molecule has 1 aliphatic rings. The van der Waals surface area contributed by atoms with Crippen LogP contribution in [0.5, 0.6) is 0 Å². The van der Waals surface area contributed by atoms with Gasteiger partial charge in [-0.25, -0.2) is 0 Å². The highest BCUT2D eigenvalue weighted by atomic mass is 19.4. The van der Waals surface area contributed by atoms with Crippen LogP contribution in [0.3, 0.4) is 0 Å². The molecule has 1 fully saturated rings. The monoisotopic (exact) mass is 288 g/mol. The number of amides is 1. The Labute approximate surface area is 113 Å². The van der Waals surface area contributed by atoms with Crippen molar-refractivity contribution in [2.24, 2.45) is 5.92 Å². The molecule has 4 nitrogen and oxygen atoms in total. The molecule has 1 aromatic rings. The first-order valence-corrected chi connectivity index (χ1v) is 6.38. The molecule has 2 rings (SSSR count). The van der Waals surface area contributed by atoms with E-state index in [0.29, 0.717) is 12.0 Å². The number of nitrogens with one attached hydrogen (secondary N) is 2. The molecule has 1 amide bonds. The standard InChI is InChI=1S/C13H15F3N2O2/c1-7-2-3-8(6-7)17-11(19)9-4-5-10(13(14,15)16)18-12(9)20/h4-5,7-8H,2-3,6H2,1H3,(H,17,19)(H,18,20). The third-order valence-corrected chi connectivity index (χ3v) is 3.49. The number of aromatic amines is 1.